The first-order chi connectivity index (χ1) is 25.4. The molecule has 1 fully saturated rings. The molecule has 3 aromatic carbocycles. The third-order valence-electron chi connectivity index (χ3n) is 9.40. The van der Waals surface area contributed by atoms with Gasteiger partial charge in [-0.15, -0.1) is 0 Å². The van der Waals surface area contributed by atoms with Gasteiger partial charge in [-0.1, -0.05) is 53.5 Å². The van der Waals surface area contributed by atoms with Crippen LogP contribution < -0.4 is 19.5 Å². The number of pyridine rings is 1. The molecule has 0 unspecified atom stereocenters. The van der Waals surface area contributed by atoms with Crippen LogP contribution in [0.1, 0.15) is 54.5 Å². The predicted octanol–water partition coefficient (Wildman–Crippen LogP) is 6.54. The molecule has 1 aliphatic rings. The van der Waals surface area contributed by atoms with Crippen molar-refractivity contribution in [1.29, 1.82) is 5.26 Å². The zero-order valence-electron chi connectivity index (χ0n) is 29.9. The SMILES string of the molecule is Cc1c(COc2cc(OCc3cncc(C#N)c3)c(CN[C@@](C)(CO)C(=O)O)cc2Cl)cccc1-c1cccc(O[C@@H](C)CCN2CC[C@@H](O)C2)c1Cl. The molecular formula is C40H44Cl2N4O7. The molecule has 0 radical (unpaired) electrons. The molecule has 1 aromatic heterocycles. The van der Waals surface area contributed by atoms with Crippen molar-refractivity contribution in [1.82, 2.24) is 15.2 Å². The zero-order valence-corrected chi connectivity index (χ0v) is 31.5. The van der Waals surface area contributed by atoms with Crippen molar-refractivity contribution in [2.45, 2.75) is 71.1 Å². The Labute approximate surface area is 319 Å². The minimum Gasteiger partial charge on any atom is -0.489 e. The minimum absolute atomic E-state index is 0.0151. The molecule has 0 spiro atoms. The molecule has 1 saturated heterocycles. The van der Waals surface area contributed by atoms with E-state index in [0.29, 0.717) is 45.5 Å². The van der Waals surface area contributed by atoms with Gasteiger partial charge in [-0.2, -0.15) is 5.26 Å². The topological polar surface area (TPSA) is 157 Å². The summed E-state index contributed by atoms with van der Waals surface area (Å²) in [4.78, 5) is 18.1. The molecule has 3 atom stereocenters. The zero-order chi connectivity index (χ0) is 38.1. The van der Waals surface area contributed by atoms with Crippen LogP contribution in [0.15, 0.2) is 67.0 Å². The first-order valence-corrected chi connectivity index (χ1v) is 18.1. The molecule has 0 amide bonds. The number of aromatic nitrogens is 1. The van der Waals surface area contributed by atoms with Gasteiger partial charge in [0.2, 0.25) is 0 Å². The normalized spacial score (nSPS) is 16.1. The molecule has 1 aliphatic heterocycles. The van der Waals surface area contributed by atoms with Gasteiger partial charge in [0.25, 0.3) is 0 Å². The van der Waals surface area contributed by atoms with Crippen molar-refractivity contribution in [2.75, 3.05) is 26.2 Å². The van der Waals surface area contributed by atoms with E-state index in [0.717, 1.165) is 48.2 Å². The summed E-state index contributed by atoms with van der Waals surface area (Å²) >= 11 is 13.7. The van der Waals surface area contributed by atoms with Gasteiger partial charge in [0.15, 0.2) is 0 Å². The van der Waals surface area contributed by atoms with Crippen molar-refractivity contribution in [3.63, 3.8) is 0 Å². The highest BCUT2D eigenvalue weighted by Gasteiger charge is 2.32. The van der Waals surface area contributed by atoms with Gasteiger partial charge < -0.3 is 34.4 Å². The predicted molar refractivity (Wildman–Crippen MR) is 202 cm³/mol. The Hall–Kier alpha value is -4.41. The summed E-state index contributed by atoms with van der Waals surface area (Å²) in [6.45, 7) is 7.45. The smallest absolute Gasteiger partial charge is 0.326 e. The monoisotopic (exact) mass is 762 g/mol. The molecule has 5 rings (SSSR count). The number of nitrogens with zero attached hydrogens (tertiary/aromatic N) is 3. The lowest BCUT2D eigenvalue weighted by molar-refractivity contribution is -0.145. The highest BCUT2D eigenvalue weighted by molar-refractivity contribution is 6.35. The lowest BCUT2D eigenvalue weighted by atomic mass is 9.96. The summed E-state index contributed by atoms with van der Waals surface area (Å²) in [5.41, 5.74) is 3.59. The number of halogens is 2. The lowest BCUT2D eigenvalue weighted by Crippen LogP contribution is -2.52. The van der Waals surface area contributed by atoms with Crippen molar-refractivity contribution in [3.05, 3.63) is 105 Å². The van der Waals surface area contributed by atoms with Gasteiger partial charge in [0.05, 0.1) is 34.4 Å². The Morgan fingerprint density at radius 1 is 1.08 bits per heavy atom. The van der Waals surface area contributed by atoms with Gasteiger partial charge in [0, 0.05) is 61.3 Å². The van der Waals surface area contributed by atoms with Crippen LogP contribution in [-0.2, 0) is 24.6 Å². The number of likely N-dealkylation sites (tertiary alicyclic amines) is 1. The number of ether oxygens (including phenoxy) is 3. The first kappa shape index (κ1) is 39.8. The fraction of sp³-hybridized carbons (Fsp3) is 0.375. The Balaban J connectivity index is 1.33. The van der Waals surface area contributed by atoms with Gasteiger partial charge in [-0.05, 0) is 68.5 Å². The van der Waals surface area contributed by atoms with Crippen LogP contribution in [0.5, 0.6) is 17.2 Å². The standard InChI is InChI=1S/C40H44Cl2N4O7/c1-25(10-12-46-13-11-31(48)21-46)53-35-9-5-8-33(38(35)42)32-7-4-6-29(26(32)2)23-52-37-16-36(51-22-28-14-27(17-43)18-44-19-28)30(15-34(37)41)20-45-40(3,24-47)39(49)50/h4-9,14-16,18-19,25,31,45,47-48H,10-13,20-24H2,1-3H3,(H,49,50)/t25-,31+,40-/m0/s1. The van der Waals surface area contributed by atoms with Crippen molar-refractivity contribution in [3.8, 4) is 34.4 Å². The molecule has 0 saturated carbocycles. The molecule has 2 heterocycles. The Bertz CT molecular complexity index is 1960. The maximum absolute atomic E-state index is 11.8. The molecular weight excluding hydrogens is 719 g/mol. The Morgan fingerprint density at radius 3 is 2.55 bits per heavy atom. The van der Waals surface area contributed by atoms with Gasteiger partial charge in [-0.25, -0.2) is 0 Å². The van der Waals surface area contributed by atoms with Gasteiger partial charge >= 0.3 is 5.97 Å². The Kier molecular flexibility index (Phi) is 13.6. The summed E-state index contributed by atoms with van der Waals surface area (Å²) in [6, 6.07) is 18.6. The Morgan fingerprint density at radius 2 is 1.83 bits per heavy atom. The molecule has 0 aliphatic carbocycles. The van der Waals surface area contributed by atoms with E-state index in [4.69, 9.17) is 37.4 Å². The van der Waals surface area contributed by atoms with Crippen molar-refractivity contribution in [2.24, 2.45) is 0 Å². The second-order valence-corrected chi connectivity index (χ2v) is 14.3. The fourth-order valence-electron chi connectivity index (χ4n) is 5.99. The highest BCUT2D eigenvalue weighted by Crippen LogP contribution is 2.39. The van der Waals surface area contributed by atoms with Crippen molar-refractivity contribution >= 4 is 29.2 Å². The van der Waals surface area contributed by atoms with Crippen LogP contribution in [0.3, 0.4) is 0 Å². The number of aliphatic hydroxyl groups is 2. The third kappa shape index (κ3) is 10.2. The lowest BCUT2D eigenvalue weighted by Gasteiger charge is -2.25. The number of carboxylic acid groups (broad SMARTS) is 1. The number of rotatable bonds is 17. The van der Waals surface area contributed by atoms with Crippen LogP contribution in [0.25, 0.3) is 11.1 Å². The van der Waals surface area contributed by atoms with Crippen LogP contribution in [0.4, 0.5) is 0 Å². The molecule has 11 nitrogen and oxygen atoms in total. The number of nitriles is 1. The molecule has 4 aromatic rings. The van der Waals surface area contributed by atoms with Crippen LogP contribution in [-0.4, -0.2) is 75.2 Å². The van der Waals surface area contributed by atoms with Gasteiger partial charge in [-0.3, -0.25) is 15.1 Å². The molecule has 4 N–H and O–H groups in total. The van der Waals surface area contributed by atoms with Crippen molar-refractivity contribution < 1.29 is 34.3 Å². The van der Waals surface area contributed by atoms with Crippen LogP contribution >= 0.6 is 23.2 Å². The summed E-state index contributed by atoms with van der Waals surface area (Å²) in [6.07, 6.45) is 4.33. The number of carbonyl (C=O) groups is 1. The number of nitrogens with one attached hydrogen (secondary N) is 1. The van der Waals surface area contributed by atoms with E-state index in [1.807, 2.05) is 50.2 Å². The fourth-order valence-corrected chi connectivity index (χ4v) is 6.50. The number of benzene rings is 3. The first-order valence-electron chi connectivity index (χ1n) is 17.4. The number of aliphatic hydroxyl groups excluding tert-OH is 2. The second kappa shape index (κ2) is 18.1. The van der Waals surface area contributed by atoms with E-state index in [2.05, 4.69) is 21.3 Å². The summed E-state index contributed by atoms with van der Waals surface area (Å²) in [5.74, 6) is 0.0981. The van der Waals surface area contributed by atoms with E-state index >= 15 is 0 Å². The molecule has 280 valence electrons. The van der Waals surface area contributed by atoms with Crippen LogP contribution in [0, 0.1) is 18.3 Å². The number of carboxylic acids is 1. The maximum Gasteiger partial charge on any atom is 0.326 e. The highest BCUT2D eigenvalue weighted by atomic mass is 35.5. The van der Waals surface area contributed by atoms with Crippen LogP contribution in [0.2, 0.25) is 10.0 Å². The quantitative estimate of drug-likeness (QED) is 0.0926. The summed E-state index contributed by atoms with van der Waals surface area (Å²) in [5, 5.41) is 42.2. The number of hydrogen-bond acceptors (Lipinski definition) is 10. The number of hydrogen-bond donors (Lipinski definition) is 4. The summed E-state index contributed by atoms with van der Waals surface area (Å²) in [7, 11) is 0. The van der Waals surface area contributed by atoms with Gasteiger partial charge in [0.1, 0.15) is 42.1 Å². The third-order valence-corrected chi connectivity index (χ3v) is 10.1. The summed E-state index contributed by atoms with van der Waals surface area (Å²) < 4.78 is 18.7. The molecule has 13 heteroatoms. The van der Waals surface area contributed by atoms with E-state index in [1.165, 1.54) is 13.1 Å². The number of β-amino-alcohol motifs (C(OH)–C–C–N with tert-alkyl or cyclic N) is 1. The number of aliphatic carboxylic acids is 1. The maximum atomic E-state index is 11.8. The van der Waals surface area contributed by atoms with E-state index in [-0.39, 0.29) is 37.0 Å². The van der Waals surface area contributed by atoms with E-state index < -0.39 is 18.1 Å². The molecule has 0 bridgehead atoms. The van der Waals surface area contributed by atoms with E-state index in [9.17, 15) is 25.4 Å². The average Bonchev–Trinajstić information content (AvgIpc) is 3.58. The van der Waals surface area contributed by atoms with E-state index in [1.54, 1.807) is 24.4 Å². The average molecular weight is 764 g/mol. The largest absolute Gasteiger partial charge is 0.489 e. The molecule has 53 heavy (non-hydrogen) atoms. The second-order valence-electron chi connectivity index (χ2n) is 13.5. The minimum atomic E-state index is -1.60.